The van der Waals surface area contributed by atoms with Crippen molar-refractivity contribution < 1.29 is 0 Å². The Balaban J connectivity index is 2.93. The zero-order chi connectivity index (χ0) is 11.1. The van der Waals surface area contributed by atoms with Crippen molar-refractivity contribution in [2.24, 2.45) is 0 Å². The first kappa shape index (κ1) is 12.0. The molecule has 0 aliphatic carbocycles. The molecule has 0 bridgehead atoms. The van der Waals surface area contributed by atoms with Crippen LogP contribution < -0.4 is 0 Å². The van der Waals surface area contributed by atoms with E-state index in [0.717, 1.165) is 0 Å². The fourth-order valence-electron chi connectivity index (χ4n) is 2.00. The molecule has 0 aromatic heterocycles. The second-order valence-electron chi connectivity index (χ2n) is 4.09. The van der Waals surface area contributed by atoms with Crippen molar-refractivity contribution in [3.63, 3.8) is 0 Å². The van der Waals surface area contributed by atoms with Gasteiger partial charge >= 0.3 is 0 Å². The van der Waals surface area contributed by atoms with Crippen LogP contribution in [0.1, 0.15) is 52.0 Å². The van der Waals surface area contributed by atoms with E-state index in [0.29, 0.717) is 0 Å². The van der Waals surface area contributed by atoms with Crippen LogP contribution in [0.15, 0.2) is 35.9 Å². The van der Waals surface area contributed by atoms with Crippen LogP contribution >= 0.6 is 0 Å². The molecule has 1 aromatic carbocycles. The van der Waals surface area contributed by atoms with Gasteiger partial charge in [0.05, 0.1) is 0 Å². The Hall–Kier alpha value is -1.04. The molecule has 1 aromatic rings. The molecule has 0 amide bonds. The zero-order valence-corrected chi connectivity index (χ0v) is 10.2. The molecular weight excluding hydrogens is 180 g/mol. The van der Waals surface area contributed by atoms with Gasteiger partial charge in [0.15, 0.2) is 0 Å². The van der Waals surface area contributed by atoms with E-state index in [1.165, 1.54) is 36.8 Å². The van der Waals surface area contributed by atoms with Gasteiger partial charge < -0.3 is 0 Å². The first-order chi connectivity index (χ1) is 7.29. The quantitative estimate of drug-likeness (QED) is 0.626. The maximum absolute atomic E-state index is 2.26. The van der Waals surface area contributed by atoms with Crippen molar-refractivity contribution in [1.82, 2.24) is 0 Å². The van der Waals surface area contributed by atoms with E-state index in [1.807, 2.05) is 0 Å². The third kappa shape index (κ3) is 3.54. The van der Waals surface area contributed by atoms with E-state index in [1.54, 1.807) is 5.57 Å². The lowest BCUT2D eigenvalue weighted by Crippen LogP contribution is -1.89. The molecule has 0 nitrogen and oxygen atoms in total. The van der Waals surface area contributed by atoms with Crippen LogP contribution in [0.4, 0.5) is 0 Å². The molecule has 0 unspecified atom stereocenters. The van der Waals surface area contributed by atoms with E-state index in [9.17, 15) is 0 Å². The van der Waals surface area contributed by atoms with E-state index in [4.69, 9.17) is 0 Å². The summed E-state index contributed by atoms with van der Waals surface area (Å²) in [5.41, 5.74) is 4.50. The van der Waals surface area contributed by atoms with Gasteiger partial charge in [0.1, 0.15) is 0 Å². The minimum Gasteiger partial charge on any atom is -0.0667 e. The lowest BCUT2D eigenvalue weighted by atomic mass is 9.95. The van der Waals surface area contributed by atoms with E-state index < -0.39 is 0 Å². The summed E-state index contributed by atoms with van der Waals surface area (Å²) in [6, 6.07) is 10.7. The van der Waals surface area contributed by atoms with E-state index in [2.05, 4.69) is 51.1 Å². The van der Waals surface area contributed by atoms with Gasteiger partial charge in [-0.25, -0.2) is 0 Å². The molecule has 0 N–H and O–H groups in total. The molecule has 0 heteroatoms. The lowest BCUT2D eigenvalue weighted by Gasteiger charge is -2.11. The normalized spacial score (nSPS) is 10.1. The Bertz CT molecular complexity index is 298. The number of allylic oxidation sites excluding steroid dienone is 2. The standard InChI is InChI=1S/C15H22/c1-4-9-14(10-5-2)13(3)15-11-7-6-8-12-15/h6-8,11-12H,4-5,9-10H2,1-3H3. The van der Waals surface area contributed by atoms with E-state index >= 15 is 0 Å². The van der Waals surface area contributed by atoms with Crippen molar-refractivity contribution in [3.05, 3.63) is 41.5 Å². The number of hydrogen-bond donors (Lipinski definition) is 0. The molecule has 15 heavy (non-hydrogen) atoms. The van der Waals surface area contributed by atoms with Gasteiger partial charge in [-0.05, 0) is 30.9 Å². The molecule has 0 saturated heterocycles. The summed E-state index contributed by atoms with van der Waals surface area (Å²) in [6.07, 6.45) is 4.99. The Kier molecular flexibility index (Phi) is 5.17. The monoisotopic (exact) mass is 202 g/mol. The maximum Gasteiger partial charge on any atom is -0.0228 e. The van der Waals surface area contributed by atoms with E-state index in [-0.39, 0.29) is 0 Å². The Morgan fingerprint density at radius 1 is 0.933 bits per heavy atom. The summed E-state index contributed by atoms with van der Waals surface area (Å²) in [7, 11) is 0. The highest BCUT2D eigenvalue weighted by molar-refractivity contribution is 5.66. The minimum atomic E-state index is 1.24. The predicted octanol–water partition coefficient (Wildman–Crippen LogP) is 5.06. The summed E-state index contributed by atoms with van der Waals surface area (Å²) in [5.74, 6) is 0. The van der Waals surface area contributed by atoms with Gasteiger partial charge in [-0.1, -0.05) is 62.6 Å². The fourth-order valence-corrected chi connectivity index (χ4v) is 2.00. The number of benzene rings is 1. The minimum absolute atomic E-state index is 1.24. The molecule has 0 aliphatic rings. The van der Waals surface area contributed by atoms with Gasteiger partial charge in [-0.15, -0.1) is 0 Å². The van der Waals surface area contributed by atoms with Crippen molar-refractivity contribution >= 4 is 5.57 Å². The SMILES string of the molecule is CCCC(CCC)=C(C)c1ccccc1. The second kappa shape index (κ2) is 6.44. The topological polar surface area (TPSA) is 0 Å². The first-order valence-corrected chi connectivity index (χ1v) is 6.03. The molecule has 0 radical (unpaired) electrons. The van der Waals surface area contributed by atoms with Gasteiger partial charge in [-0.3, -0.25) is 0 Å². The highest BCUT2D eigenvalue weighted by Crippen LogP contribution is 2.24. The summed E-state index contributed by atoms with van der Waals surface area (Å²) >= 11 is 0. The van der Waals surface area contributed by atoms with Crippen molar-refractivity contribution in [2.45, 2.75) is 46.5 Å². The first-order valence-electron chi connectivity index (χ1n) is 6.03. The molecule has 82 valence electrons. The maximum atomic E-state index is 2.26. The fraction of sp³-hybridized carbons (Fsp3) is 0.467. The van der Waals surface area contributed by atoms with Gasteiger partial charge in [-0.2, -0.15) is 0 Å². The van der Waals surface area contributed by atoms with Crippen LogP contribution in [0.5, 0.6) is 0 Å². The Morgan fingerprint density at radius 2 is 1.47 bits per heavy atom. The number of hydrogen-bond acceptors (Lipinski definition) is 0. The smallest absolute Gasteiger partial charge is 0.0228 e. The van der Waals surface area contributed by atoms with Crippen LogP contribution in [0.25, 0.3) is 5.57 Å². The van der Waals surface area contributed by atoms with Crippen molar-refractivity contribution in [3.8, 4) is 0 Å². The van der Waals surface area contributed by atoms with Gasteiger partial charge in [0.25, 0.3) is 0 Å². The molecule has 1 rings (SSSR count). The highest BCUT2D eigenvalue weighted by Gasteiger charge is 2.02. The lowest BCUT2D eigenvalue weighted by molar-refractivity contribution is 0.805. The third-order valence-corrected chi connectivity index (χ3v) is 2.84. The number of rotatable bonds is 5. The summed E-state index contributed by atoms with van der Waals surface area (Å²) in [6.45, 7) is 6.78. The van der Waals surface area contributed by atoms with Crippen LogP contribution in [0.3, 0.4) is 0 Å². The Labute approximate surface area is 94.0 Å². The average Bonchev–Trinajstić information content (AvgIpc) is 2.29. The molecular formula is C15H22. The van der Waals surface area contributed by atoms with Crippen molar-refractivity contribution in [1.29, 1.82) is 0 Å². The zero-order valence-electron chi connectivity index (χ0n) is 10.2. The molecule has 0 aliphatic heterocycles. The predicted molar refractivity (Wildman–Crippen MR) is 68.9 cm³/mol. The van der Waals surface area contributed by atoms with Crippen LogP contribution in [-0.4, -0.2) is 0 Å². The molecule has 0 heterocycles. The van der Waals surface area contributed by atoms with Crippen molar-refractivity contribution in [2.75, 3.05) is 0 Å². The van der Waals surface area contributed by atoms with Crippen LogP contribution in [0.2, 0.25) is 0 Å². The highest BCUT2D eigenvalue weighted by atomic mass is 14.1. The summed E-state index contributed by atoms with van der Waals surface area (Å²) in [5, 5.41) is 0. The second-order valence-corrected chi connectivity index (χ2v) is 4.09. The van der Waals surface area contributed by atoms with Gasteiger partial charge in [0.2, 0.25) is 0 Å². The third-order valence-electron chi connectivity index (χ3n) is 2.84. The van der Waals surface area contributed by atoms with Crippen LogP contribution in [0, 0.1) is 0 Å². The van der Waals surface area contributed by atoms with Crippen LogP contribution in [-0.2, 0) is 0 Å². The Morgan fingerprint density at radius 3 is 1.93 bits per heavy atom. The summed E-state index contributed by atoms with van der Waals surface area (Å²) < 4.78 is 0. The average molecular weight is 202 g/mol. The largest absolute Gasteiger partial charge is 0.0667 e. The van der Waals surface area contributed by atoms with Gasteiger partial charge in [0, 0.05) is 0 Å². The summed E-state index contributed by atoms with van der Waals surface area (Å²) in [4.78, 5) is 0. The molecule has 0 atom stereocenters. The molecule has 0 saturated carbocycles. The molecule has 0 spiro atoms. The molecule has 0 fully saturated rings.